The van der Waals surface area contributed by atoms with Gasteiger partial charge in [-0.15, -0.1) is 0 Å². The molecule has 1 aromatic carbocycles. The average Bonchev–Trinajstić information content (AvgIpc) is 2.76. The highest BCUT2D eigenvalue weighted by Crippen LogP contribution is 2.15. The molecular weight excluding hydrogens is 306 g/mol. The van der Waals surface area contributed by atoms with Crippen LogP contribution in [-0.4, -0.2) is 26.3 Å². The third-order valence-electron chi connectivity index (χ3n) is 2.93. The molecule has 0 aliphatic rings. The minimum Gasteiger partial charge on any atom is -0.355 e. The van der Waals surface area contributed by atoms with Crippen LogP contribution in [0.4, 0.5) is 0 Å². The molecule has 0 atom stereocenters. The lowest BCUT2D eigenvalue weighted by atomic mass is 10.2. The number of nitrogens with zero attached hydrogens (tertiary/aromatic N) is 2. The van der Waals surface area contributed by atoms with E-state index in [0.29, 0.717) is 6.54 Å². The van der Waals surface area contributed by atoms with Crippen molar-refractivity contribution in [3.63, 3.8) is 0 Å². The normalized spacial score (nSPS) is 11.7. The van der Waals surface area contributed by atoms with Gasteiger partial charge in [-0.2, -0.15) is 0 Å². The Morgan fingerprint density at radius 3 is 2.89 bits per heavy atom. The number of aryl methyl sites for hydroxylation is 1. The maximum absolute atomic E-state index is 11.7. The van der Waals surface area contributed by atoms with Gasteiger partial charge in [0.25, 0.3) is 0 Å². The van der Waals surface area contributed by atoms with Crippen LogP contribution in [0.15, 0.2) is 30.6 Å². The van der Waals surface area contributed by atoms with Crippen molar-refractivity contribution in [2.45, 2.75) is 31.1 Å². The van der Waals surface area contributed by atoms with Crippen molar-refractivity contribution in [2.24, 2.45) is 0 Å². The Kier molecular flexibility index (Phi) is 4.24. The second kappa shape index (κ2) is 5.74. The SMILES string of the molecule is CC(C)(Br)C(=O)NCCCn1cnc2ccccc21. The molecule has 1 heterocycles. The van der Waals surface area contributed by atoms with Gasteiger partial charge in [0.2, 0.25) is 5.91 Å². The van der Waals surface area contributed by atoms with Crippen molar-refractivity contribution in [1.82, 2.24) is 14.9 Å². The number of para-hydroxylation sites is 2. The van der Waals surface area contributed by atoms with Gasteiger partial charge in [0, 0.05) is 13.1 Å². The molecule has 0 fully saturated rings. The number of imidazole rings is 1. The Morgan fingerprint density at radius 1 is 1.42 bits per heavy atom. The third-order valence-corrected chi connectivity index (χ3v) is 3.29. The maximum atomic E-state index is 11.7. The fraction of sp³-hybridized carbons (Fsp3) is 0.429. The first-order valence-electron chi connectivity index (χ1n) is 6.35. The number of nitrogens with one attached hydrogen (secondary N) is 1. The van der Waals surface area contributed by atoms with Crippen LogP contribution < -0.4 is 5.32 Å². The lowest BCUT2D eigenvalue weighted by molar-refractivity contribution is -0.122. The zero-order chi connectivity index (χ0) is 13.9. The van der Waals surface area contributed by atoms with Gasteiger partial charge in [0.15, 0.2) is 0 Å². The molecule has 0 saturated carbocycles. The van der Waals surface area contributed by atoms with Crippen LogP contribution in [0.25, 0.3) is 11.0 Å². The first-order valence-corrected chi connectivity index (χ1v) is 7.15. The molecule has 1 N–H and O–H groups in total. The van der Waals surface area contributed by atoms with Gasteiger partial charge < -0.3 is 9.88 Å². The van der Waals surface area contributed by atoms with E-state index in [0.717, 1.165) is 24.0 Å². The number of rotatable bonds is 5. The Hall–Kier alpha value is -1.36. The lowest BCUT2D eigenvalue weighted by Crippen LogP contribution is -2.38. The van der Waals surface area contributed by atoms with Gasteiger partial charge in [0.05, 0.1) is 21.7 Å². The van der Waals surface area contributed by atoms with E-state index in [9.17, 15) is 4.79 Å². The number of alkyl halides is 1. The average molecular weight is 324 g/mol. The van der Waals surface area contributed by atoms with Crippen LogP contribution in [0.1, 0.15) is 20.3 Å². The Bertz CT molecular complexity index is 571. The summed E-state index contributed by atoms with van der Waals surface area (Å²) in [4.78, 5) is 16.0. The predicted octanol–water partition coefficient (Wildman–Crippen LogP) is 2.72. The Morgan fingerprint density at radius 2 is 2.16 bits per heavy atom. The summed E-state index contributed by atoms with van der Waals surface area (Å²) in [5.74, 6) is 0.0167. The first-order chi connectivity index (χ1) is 8.98. The quantitative estimate of drug-likeness (QED) is 0.679. The molecule has 102 valence electrons. The number of amides is 1. The second-order valence-corrected chi connectivity index (χ2v) is 6.99. The smallest absolute Gasteiger partial charge is 0.236 e. The number of benzene rings is 1. The second-order valence-electron chi connectivity index (χ2n) is 5.01. The van der Waals surface area contributed by atoms with Gasteiger partial charge >= 0.3 is 0 Å². The molecule has 0 aliphatic carbocycles. The van der Waals surface area contributed by atoms with E-state index >= 15 is 0 Å². The molecule has 1 aromatic heterocycles. The highest BCUT2D eigenvalue weighted by molar-refractivity contribution is 9.10. The van der Waals surface area contributed by atoms with E-state index in [1.54, 1.807) is 0 Å². The molecule has 0 bridgehead atoms. The summed E-state index contributed by atoms with van der Waals surface area (Å²) in [6, 6.07) is 8.05. The fourth-order valence-corrected chi connectivity index (χ4v) is 1.99. The summed E-state index contributed by atoms with van der Waals surface area (Å²) in [5, 5.41) is 2.91. The Labute approximate surface area is 121 Å². The number of aromatic nitrogens is 2. The highest BCUT2D eigenvalue weighted by Gasteiger charge is 2.22. The van der Waals surface area contributed by atoms with Crippen molar-refractivity contribution in [2.75, 3.05) is 6.54 Å². The van der Waals surface area contributed by atoms with E-state index in [1.807, 2.05) is 38.4 Å². The summed E-state index contributed by atoms with van der Waals surface area (Å²) in [5.41, 5.74) is 2.14. The van der Waals surface area contributed by atoms with Gasteiger partial charge in [-0.1, -0.05) is 28.1 Å². The zero-order valence-corrected chi connectivity index (χ0v) is 12.8. The van der Waals surface area contributed by atoms with Crippen molar-refractivity contribution in [1.29, 1.82) is 0 Å². The van der Waals surface area contributed by atoms with Gasteiger partial charge in [-0.3, -0.25) is 4.79 Å². The molecule has 5 heteroatoms. The molecule has 0 unspecified atom stereocenters. The number of halogens is 1. The minimum absolute atomic E-state index is 0.0167. The molecule has 19 heavy (non-hydrogen) atoms. The van der Waals surface area contributed by atoms with E-state index in [1.165, 1.54) is 0 Å². The molecule has 1 amide bonds. The summed E-state index contributed by atoms with van der Waals surface area (Å²) in [6.45, 7) is 5.20. The van der Waals surface area contributed by atoms with Crippen molar-refractivity contribution < 1.29 is 4.79 Å². The molecular formula is C14H18BrN3O. The van der Waals surface area contributed by atoms with Crippen LogP contribution in [0.3, 0.4) is 0 Å². The number of fused-ring (bicyclic) bond motifs is 1. The van der Waals surface area contributed by atoms with Crippen molar-refractivity contribution in [3.8, 4) is 0 Å². The summed E-state index contributed by atoms with van der Waals surface area (Å²) >= 11 is 3.34. The molecule has 2 rings (SSSR count). The van der Waals surface area contributed by atoms with Crippen LogP contribution in [0.5, 0.6) is 0 Å². The van der Waals surface area contributed by atoms with Crippen LogP contribution in [0.2, 0.25) is 0 Å². The highest BCUT2D eigenvalue weighted by atomic mass is 79.9. The number of hydrogen-bond donors (Lipinski definition) is 1. The van der Waals surface area contributed by atoms with Gasteiger partial charge in [-0.25, -0.2) is 4.98 Å². The minimum atomic E-state index is -0.505. The van der Waals surface area contributed by atoms with Crippen molar-refractivity contribution >= 4 is 32.9 Å². The van der Waals surface area contributed by atoms with Gasteiger partial charge in [-0.05, 0) is 32.4 Å². The monoisotopic (exact) mass is 323 g/mol. The van der Waals surface area contributed by atoms with E-state index in [-0.39, 0.29) is 5.91 Å². The standard InChI is InChI=1S/C14H18BrN3O/c1-14(2,15)13(19)16-8-5-9-18-10-17-11-6-3-4-7-12(11)18/h3-4,6-7,10H,5,8-9H2,1-2H3,(H,16,19). The maximum Gasteiger partial charge on any atom is 0.236 e. The first kappa shape index (κ1) is 14.1. The van der Waals surface area contributed by atoms with E-state index < -0.39 is 4.32 Å². The summed E-state index contributed by atoms with van der Waals surface area (Å²) < 4.78 is 1.61. The molecule has 4 nitrogen and oxygen atoms in total. The predicted molar refractivity (Wildman–Crippen MR) is 80.4 cm³/mol. The van der Waals surface area contributed by atoms with Crippen LogP contribution >= 0.6 is 15.9 Å². The fourth-order valence-electron chi connectivity index (χ4n) is 1.85. The number of hydrogen-bond acceptors (Lipinski definition) is 2. The number of carbonyl (C=O) groups is 1. The summed E-state index contributed by atoms with van der Waals surface area (Å²) in [6.07, 6.45) is 2.73. The van der Waals surface area contributed by atoms with Crippen LogP contribution in [0, 0.1) is 0 Å². The third kappa shape index (κ3) is 3.56. The molecule has 0 radical (unpaired) electrons. The topological polar surface area (TPSA) is 46.9 Å². The zero-order valence-electron chi connectivity index (χ0n) is 11.2. The lowest BCUT2D eigenvalue weighted by Gasteiger charge is -2.15. The van der Waals surface area contributed by atoms with Crippen molar-refractivity contribution in [3.05, 3.63) is 30.6 Å². The molecule has 0 spiro atoms. The molecule has 0 saturated heterocycles. The molecule has 0 aliphatic heterocycles. The van der Waals surface area contributed by atoms with Crippen LogP contribution in [-0.2, 0) is 11.3 Å². The van der Waals surface area contributed by atoms with E-state index in [4.69, 9.17) is 0 Å². The summed E-state index contributed by atoms with van der Waals surface area (Å²) in [7, 11) is 0. The molecule has 2 aromatic rings. The Balaban J connectivity index is 1.85. The largest absolute Gasteiger partial charge is 0.355 e. The number of carbonyl (C=O) groups excluding carboxylic acids is 1. The van der Waals surface area contributed by atoms with E-state index in [2.05, 4.69) is 36.9 Å². The van der Waals surface area contributed by atoms with Gasteiger partial charge in [0.1, 0.15) is 0 Å².